The lowest BCUT2D eigenvalue weighted by atomic mass is 10.00. The highest BCUT2D eigenvalue weighted by atomic mass is 15.2. The quantitative estimate of drug-likeness (QED) is 0.733. The lowest BCUT2D eigenvalue weighted by Gasteiger charge is -2.35. The number of hydrogen-bond donors (Lipinski definition) is 0. The molecule has 0 atom stereocenters. The van der Waals surface area contributed by atoms with Crippen molar-refractivity contribution in [2.24, 2.45) is 0 Å². The van der Waals surface area contributed by atoms with Gasteiger partial charge >= 0.3 is 0 Å². The largest absolute Gasteiger partial charge is 0.369 e. The van der Waals surface area contributed by atoms with Gasteiger partial charge in [0.15, 0.2) is 11.7 Å². The van der Waals surface area contributed by atoms with Crippen LogP contribution >= 0.6 is 0 Å². The van der Waals surface area contributed by atoms with Gasteiger partial charge in [-0.2, -0.15) is 4.57 Å². The molecule has 1 aromatic carbocycles. The van der Waals surface area contributed by atoms with Crippen LogP contribution in [0.1, 0.15) is 41.5 Å². The molecule has 22 heavy (non-hydrogen) atoms. The Morgan fingerprint density at radius 1 is 0.818 bits per heavy atom. The van der Waals surface area contributed by atoms with Crippen molar-refractivity contribution in [3.8, 4) is 11.3 Å². The molecule has 0 bridgehead atoms. The van der Waals surface area contributed by atoms with Gasteiger partial charge in [0.05, 0.1) is 11.3 Å². The van der Waals surface area contributed by atoms with Gasteiger partial charge in [-0.3, -0.25) is 0 Å². The van der Waals surface area contributed by atoms with Gasteiger partial charge in [0.2, 0.25) is 5.69 Å². The van der Waals surface area contributed by atoms with E-state index in [1.807, 2.05) is 0 Å². The Bertz CT molecular complexity index is 645. The van der Waals surface area contributed by atoms with Gasteiger partial charge in [0.25, 0.3) is 0 Å². The third-order valence-electron chi connectivity index (χ3n) is 4.13. The molecule has 0 unspecified atom stereocenters. The summed E-state index contributed by atoms with van der Waals surface area (Å²) in [7, 11) is 2.17. The fourth-order valence-electron chi connectivity index (χ4n) is 2.59. The Morgan fingerprint density at radius 2 is 1.41 bits per heavy atom. The molecular weight excluding hydrogens is 268 g/mol. The highest BCUT2D eigenvalue weighted by Crippen LogP contribution is 2.32. The predicted molar refractivity (Wildman–Crippen MR) is 95.2 cm³/mol. The highest BCUT2D eigenvalue weighted by molar-refractivity contribution is 5.75. The number of rotatable bonds is 2. The highest BCUT2D eigenvalue weighted by Gasteiger charge is 2.29. The molecule has 0 aliphatic rings. The maximum Gasteiger partial charge on any atom is 0.215 e. The minimum atomic E-state index is 0.0456. The van der Waals surface area contributed by atoms with Crippen LogP contribution in [0.15, 0.2) is 48.7 Å². The summed E-state index contributed by atoms with van der Waals surface area (Å²) in [6.07, 6.45) is 2.17. The van der Waals surface area contributed by atoms with Crippen molar-refractivity contribution >= 4 is 5.69 Å². The average molecular weight is 297 g/mol. The zero-order chi connectivity index (χ0) is 16.5. The minimum absolute atomic E-state index is 0.0456. The van der Waals surface area contributed by atoms with E-state index in [0.717, 1.165) is 0 Å². The summed E-state index contributed by atoms with van der Waals surface area (Å²) in [6.45, 7) is 13.5. The maximum atomic E-state index is 2.35. The molecule has 0 saturated carbocycles. The van der Waals surface area contributed by atoms with Crippen LogP contribution in [0.5, 0.6) is 0 Å². The molecule has 118 valence electrons. The van der Waals surface area contributed by atoms with E-state index in [0.29, 0.717) is 0 Å². The Hall–Kier alpha value is -1.83. The van der Waals surface area contributed by atoms with Crippen molar-refractivity contribution in [1.29, 1.82) is 0 Å². The topological polar surface area (TPSA) is 7.12 Å². The minimum Gasteiger partial charge on any atom is -0.369 e. The van der Waals surface area contributed by atoms with E-state index in [1.165, 1.54) is 16.9 Å². The van der Waals surface area contributed by atoms with Crippen LogP contribution < -0.4 is 9.47 Å². The van der Waals surface area contributed by atoms with Crippen LogP contribution in [0.4, 0.5) is 5.69 Å². The molecule has 1 heterocycles. The number of aromatic nitrogens is 1. The number of hydrogen-bond acceptors (Lipinski definition) is 1. The summed E-state index contributed by atoms with van der Waals surface area (Å²) in [5.41, 5.74) is 3.91. The average Bonchev–Trinajstić information content (AvgIpc) is 2.44. The van der Waals surface area contributed by atoms with E-state index in [2.05, 4.69) is 107 Å². The molecule has 0 N–H and O–H groups in total. The Kier molecular flexibility index (Phi) is 4.32. The second-order valence-corrected chi connectivity index (χ2v) is 7.87. The third kappa shape index (κ3) is 3.32. The van der Waals surface area contributed by atoms with Crippen molar-refractivity contribution in [3.63, 3.8) is 0 Å². The molecule has 2 nitrogen and oxygen atoms in total. The van der Waals surface area contributed by atoms with E-state index in [-0.39, 0.29) is 11.1 Å². The standard InChI is InChI=1S/C20H29N2/c1-19(2,3)21(7)17-13-9-8-12-16(17)18-14-10-11-15-22(18)20(4,5)6/h8-15H,1-7H3/q+1. The number of para-hydroxylation sites is 1. The molecule has 0 fully saturated rings. The third-order valence-corrected chi connectivity index (χ3v) is 4.13. The Morgan fingerprint density at radius 3 is 2.00 bits per heavy atom. The smallest absolute Gasteiger partial charge is 0.215 e. The van der Waals surface area contributed by atoms with Gasteiger partial charge in [-0.15, -0.1) is 0 Å². The number of nitrogens with zero attached hydrogens (tertiary/aromatic N) is 2. The van der Waals surface area contributed by atoms with Crippen LogP contribution in [0.3, 0.4) is 0 Å². The van der Waals surface area contributed by atoms with Crippen molar-refractivity contribution in [2.75, 3.05) is 11.9 Å². The molecule has 2 aromatic rings. The summed E-state index contributed by atoms with van der Waals surface area (Å²) < 4.78 is 2.35. The first-order valence-electron chi connectivity index (χ1n) is 7.97. The van der Waals surface area contributed by atoms with Crippen LogP contribution in [-0.2, 0) is 5.54 Å². The van der Waals surface area contributed by atoms with Gasteiger partial charge in [-0.25, -0.2) is 0 Å². The van der Waals surface area contributed by atoms with Crippen LogP contribution in [0.25, 0.3) is 11.3 Å². The van der Waals surface area contributed by atoms with E-state index in [4.69, 9.17) is 0 Å². The predicted octanol–water partition coefficient (Wildman–Crippen LogP) is 4.63. The van der Waals surface area contributed by atoms with Gasteiger partial charge in [-0.1, -0.05) is 12.1 Å². The van der Waals surface area contributed by atoms with E-state index < -0.39 is 0 Å². The zero-order valence-corrected chi connectivity index (χ0v) is 15.0. The number of anilines is 1. The molecular formula is C20H29N2+. The fraction of sp³-hybridized carbons (Fsp3) is 0.450. The summed E-state index contributed by atoms with van der Waals surface area (Å²) >= 11 is 0. The van der Waals surface area contributed by atoms with E-state index in [1.54, 1.807) is 0 Å². The second kappa shape index (κ2) is 5.75. The Balaban J connectivity index is 2.66. The first-order chi connectivity index (χ1) is 10.1. The molecule has 0 spiro atoms. The molecule has 0 aliphatic carbocycles. The van der Waals surface area contributed by atoms with Gasteiger partial charge in [-0.05, 0) is 39.0 Å². The lowest BCUT2D eigenvalue weighted by molar-refractivity contribution is -0.744. The van der Waals surface area contributed by atoms with Crippen molar-refractivity contribution in [2.45, 2.75) is 52.6 Å². The SMILES string of the molecule is CN(c1ccccc1-c1cccc[n+]1C(C)(C)C)C(C)(C)C. The van der Waals surface area contributed by atoms with Gasteiger partial charge in [0, 0.05) is 45.5 Å². The first-order valence-corrected chi connectivity index (χ1v) is 7.97. The van der Waals surface area contributed by atoms with Gasteiger partial charge < -0.3 is 4.90 Å². The lowest BCUT2D eigenvalue weighted by Crippen LogP contribution is -2.51. The molecule has 0 radical (unpaired) electrons. The van der Waals surface area contributed by atoms with Crippen LogP contribution in [-0.4, -0.2) is 12.6 Å². The molecule has 0 aliphatic heterocycles. The van der Waals surface area contributed by atoms with Crippen LogP contribution in [0.2, 0.25) is 0 Å². The summed E-state index contributed by atoms with van der Waals surface area (Å²) in [4.78, 5) is 2.35. The monoisotopic (exact) mass is 297 g/mol. The Labute approximate surface area is 135 Å². The first kappa shape index (κ1) is 16.5. The second-order valence-electron chi connectivity index (χ2n) is 7.87. The zero-order valence-electron chi connectivity index (χ0n) is 15.0. The van der Waals surface area contributed by atoms with Gasteiger partial charge in [0.1, 0.15) is 0 Å². The summed E-state index contributed by atoms with van der Waals surface area (Å²) in [5, 5.41) is 0. The molecule has 0 saturated heterocycles. The molecule has 0 amide bonds. The molecule has 2 rings (SSSR count). The van der Waals surface area contributed by atoms with Crippen molar-refractivity contribution in [1.82, 2.24) is 0 Å². The summed E-state index contributed by atoms with van der Waals surface area (Å²) in [5.74, 6) is 0. The number of benzene rings is 1. The fourth-order valence-corrected chi connectivity index (χ4v) is 2.59. The van der Waals surface area contributed by atoms with E-state index in [9.17, 15) is 0 Å². The summed E-state index contributed by atoms with van der Waals surface area (Å²) in [6, 6.07) is 15.1. The number of pyridine rings is 1. The van der Waals surface area contributed by atoms with E-state index >= 15 is 0 Å². The molecule has 1 aromatic heterocycles. The maximum absolute atomic E-state index is 2.35. The molecule has 2 heteroatoms. The van der Waals surface area contributed by atoms with Crippen molar-refractivity contribution in [3.05, 3.63) is 48.7 Å². The van der Waals surface area contributed by atoms with Crippen molar-refractivity contribution < 1.29 is 4.57 Å². The normalized spacial score (nSPS) is 12.3. The van der Waals surface area contributed by atoms with Crippen LogP contribution in [0, 0.1) is 0 Å².